The van der Waals surface area contributed by atoms with E-state index in [2.05, 4.69) is 20.2 Å². The number of H-pyrrole nitrogens is 1. The van der Waals surface area contributed by atoms with E-state index < -0.39 is 24.2 Å². The number of benzene rings is 1. The number of ether oxygens (including phenoxy) is 1. The highest BCUT2D eigenvalue weighted by Gasteiger charge is 2.43. The van der Waals surface area contributed by atoms with Gasteiger partial charge in [-0.3, -0.25) is 9.59 Å². The largest absolute Gasteiger partial charge is 0.477 e. The summed E-state index contributed by atoms with van der Waals surface area (Å²) in [4.78, 5) is 35.0. The molecule has 1 unspecified atom stereocenters. The predicted molar refractivity (Wildman–Crippen MR) is 136 cm³/mol. The number of nitrogens with one attached hydrogen (secondary N) is 3. The number of nitrogens with zero attached hydrogens (tertiary/aromatic N) is 2. The van der Waals surface area contributed by atoms with Crippen LogP contribution in [0.4, 0.5) is 19.0 Å². The van der Waals surface area contributed by atoms with E-state index in [0.717, 1.165) is 36.6 Å². The average molecular weight is 530 g/mol. The van der Waals surface area contributed by atoms with Crippen LogP contribution in [-0.4, -0.2) is 58.2 Å². The van der Waals surface area contributed by atoms with Crippen LogP contribution in [0.2, 0.25) is 0 Å². The Balaban J connectivity index is 1.20. The predicted octanol–water partition coefficient (Wildman–Crippen LogP) is 4.33. The number of carbonyl (C=O) groups is 2. The number of aromatic amines is 1. The number of halogens is 3. The maximum Gasteiger partial charge on any atom is 0.405 e. The number of aromatic nitrogens is 2. The van der Waals surface area contributed by atoms with Crippen LogP contribution < -0.4 is 20.3 Å². The van der Waals surface area contributed by atoms with Crippen LogP contribution in [0.15, 0.2) is 48.8 Å². The van der Waals surface area contributed by atoms with Gasteiger partial charge in [0.25, 0.3) is 11.8 Å². The normalized spacial score (nSPS) is 21.4. The summed E-state index contributed by atoms with van der Waals surface area (Å²) in [5.41, 5.74) is -0.0671. The fourth-order valence-electron chi connectivity index (χ4n) is 5.45. The third-order valence-electron chi connectivity index (χ3n) is 7.26. The van der Waals surface area contributed by atoms with Gasteiger partial charge >= 0.3 is 6.18 Å². The van der Waals surface area contributed by atoms with Crippen molar-refractivity contribution in [2.75, 3.05) is 11.4 Å². The number of hydrogen-bond acceptors (Lipinski definition) is 5. The van der Waals surface area contributed by atoms with E-state index in [9.17, 15) is 22.8 Å². The molecule has 2 bridgehead atoms. The van der Waals surface area contributed by atoms with Crippen molar-refractivity contribution in [3.05, 3.63) is 54.4 Å². The molecule has 2 aliphatic heterocycles. The molecule has 0 saturated carbocycles. The first kappa shape index (κ1) is 25.9. The molecule has 2 amide bonds. The van der Waals surface area contributed by atoms with Crippen LogP contribution in [0.3, 0.4) is 0 Å². The average Bonchev–Trinajstić information content (AvgIpc) is 3.45. The Kier molecular flexibility index (Phi) is 6.70. The van der Waals surface area contributed by atoms with Crippen LogP contribution in [0.1, 0.15) is 49.9 Å². The number of hydrogen-bond donors (Lipinski definition) is 3. The van der Waals surface area contributed by atoms with Crippen molar-refractivity contribution in [3.8, 4) is 5.75 Å². The standard InChI is InChI=1S/C27H30F3N5O3/c1-26(2,38-22-5-3-4-21-20(22)10-11-31-21)25(37)34-17-12-18-7-8-19(13-17)35(18)23-9-6-16(14-32-23)24(36)33-15-27(28,29)30/h3-6,9-11,14,17-19,31H,7-8,12-13,15H2,1-2H3,(H,33,36)(H,34,37)/t17?,18-,19+. The lowest BCUT2D eigenvalue weighted by Gasteiger charge is -2.40. The van der Waals surface area contributed by atoms with E-state index in [1.54, 1.807) is 19.9 Å². The van der Waals surface area contributed by atoms with Gasteiger partial charge in [-0.2, -0.15) is 13.2 Å². The van der Waals surface area contributed by atoms with Crippen LogP contribution in [0, 0.1) is 0 Å². The van der Waals surface area contributed by atoms with Crippen molar-refractivity contribution in [1.82, 2.24) is 20.6 Å². The van der Waals surface area contributed by atoms with Crippen molar-refractivity contribution in [2.24, 2.45) is 0 Å². The summed E-state index contributed by atoms with van der Waals surface area (Å²) in [6.45, 7) is 2.13. The zero-order valence-corrected chi connectivity index (χ0v) is 21.1. The first-order valence-corrected chi connectivity index (χ1v) is 12.7. The van der Waals surface area contributed by atoms with Crippen LogP contribution in [0.5, 0.6) is 5.75 Å². The molecule has 1 aromatic carbocycles. The summed E-state index contributed by atoms with van der Waals surface area (Å²) in [5.74, 6) is 0.317. The lowest BCUT2D eigenvalue weighted by molar-refractivity contribution is -0.135. The number of rotatable bonds is 7. The van der Waals surface area contributed by atoms with Gasteiger partial charge in [-0.15, -0.1) is 0 Å². The van der Waals surface area contributed by atoms with Crippen molar-refractivity contribution in [2.45, 2.75) is 69.4 Å². The Morgan fingerprint density at radius 3 is 2.50 bits per heavy atom. The molecule has 5 rings (SSSR count). The smallest absolute Gasteiger partial charge is 0.405 e. The lowest BCUT2D eigenvalue weighted by atomic mass is 9.96. The van der Waals surface area contributed by atoms with E-state index in [1.165, 1.54) is 12.3 Å². The zero-order valence-electron chi connectivity index (χ0n) is 21.1. The Morgan fingerprint density at radius 2 is 1.84 bits per heavy atom. The van der Waals surface area contributed by atoms with E-state index >= 15 is 0 Å². The van der Waals surface area contributed by atoms with Crippen LogP contribution in [0.25, 0.3) is 10.9 Å². The minimum atomic E-state index is -4.47. The summed E-state index contributed by atoms with van der Waals surface area (Å²) in [6.07, 6.45) is 2.03. The fraction of sp³-hybridized carbons (Fsp3) is 0.444. The molecule has 0 aliphatic carbocycles. The van der Waals surface area contributed by atoms with Crippen LogP contribution in [-0.2, 0) is 4.79 Å². The van der Waals surface area contributed by atoms with Gasteiger partial charge in [0.1, 0.15) is 18.1 Å². The summed E-state index contributed by atoms with van der Waals surface area (Å²) in [6, 6.07) is 11.1. The number of fused-ring (bicyclic) bond motifs is 3. The number of piperidine rings is 1. The molecule has 2 aliphatic rings. The number of anilines is 1. The third-order valence-corrected chi connectivity index (χ3v) is 7.26. The summed E-state index contributed by atoms with van der Waals surface area (Å²) < 4.78 is 43.3. The van der Waals surface area contributed by atoms with Gasteiger partial charge in [0.15, 0.2) is 5.60 Å². The van der Waals surface area contributed by atoms with Gasteiger partial charge in [-0.05, 0) is 69.9 Å². The number of amides is 2. The molecule has 3 N–H and O–H groups in total. The van der Waals surface area contributed by atoms with Gasteiger partial charge in [-0.1, -0.05) is 6.07 Å². The molecule has 8 nitrogen and oxygen atoms in total. The number of pyridine rings is 1. The van der Waals surface area contributed by atoms with Crippen molar-refractivity contribution in [3.63, 3.8) is 0 Å². The number of alkyl halides is 3. The Hall–Kier alpha value is -3.76. The highest BCUT2D eigenvalue weighted by atomic mass is 19.4. The Labute approximate surface area is 217 Å². The van der Waals surface area contributed by atoms with E-state index in [0.29, 0.717) is 11.6 Å². The quantitative estimate of drug-likeness (QED) is 0.423. The summed E-state index contributed by atoms with van der Waals surface area (Å²) >= 11 is 0. The zero-order chi connectivity index (χ0) is 27.1. The van der Waals surface area contributed by atoms with Crippen LogP contribution >= 0.6 is 0 Å². The Morgan fingerprint density at radius 1 is 1.11 bits per heavy atom. The van der Waals surface area contributed by atoms with E-state index in [-0.39, 0.29) is 29.6 Å². The first-order valence-electron chi connectivity index (χ1n) is 12.7. The molecule has 0 radical (unpaired) electrons. The van der Waals surface area contributed by atoms with Crippen molar-refractivity contribution in [1.29, 1.82) is 0 Å². The second-order valence-corrected chi connectivity index (χ2v) is 10.4. The summed E-state index contributed by atoms with van der Waals surface area (Å²) in [7, 11) is 0. The molecule has 2 fully saturated rings. The van der Waals surface area contributed by atoms with Gasteiger partial charge in [0.2, 0.25) is 0 Å². The molecule has 202 valence electrons. The molecule has 3 atom stereocenters. The van der Waals surface area contributed by atoms with Gasteiger partial charge in [0.05, 0.1) is 5.56 Å². The third kappa shape index (κ3) is 5.41. The second kappa shape index (κ2) is 9.85. The Bertz CT molecular complexity index is 1310. The first-order chi connectivity index (χ1) is 18.0. The molecule has 4 heterocycles. The van der Waals surface area contributed by atoms with Crippen molar-refractivity contribution < 1.29 is 27.5 Å². The number of carbonyl (C=O) groups excluding carboxylic acids is 2. The van der Waals surface area contributed by atoms with Gasteiger partial charge in [0, 0.05) is 41.4 Å². The highest BCUT2D eigenvalue weighted by Crippen LogP contribution is 2.39. The van der Waals surface area contributed by atoms with Gasteiger partial charge in [-0.25, -0.2) is 4.98 Å². The molecule has 0 spiro atoms. The fourth-order valence-corrected chi connectivity index (χ4v) is 5.45. The molecule has 38 heavy (non-hydrogen) atoms. The lowest BCUT2D eigenvalue weighted by Crippen LogP contribution is -2.55. The van der Waals surface area contributed by atoms with Crippen molar-refractivity contribution >= 4 is 28.5 Å². The maximum atomic E-state index is 13.2. The minimum absolute atomic E-state index is 0.0189. The molecular formula is C27H30F3N5O3. The van der Waals surface area contributed by atoms with E-state index in [4.69, 9.17) is 4.74 Å². The maximum absolute atomic E-state index is 13.2. The molecule has 11 heteroatoms. The highest BCUT2D eigenvalue weighted by molar-refractivity contribution is 5.94. The minimum Gasteiger partial charge on any atom is -0.477 e. The molecule has 2 saturated heterocycles. The SMILES string of the molecule is CC(C)(Oc1cccc2[nH]ccc12)C(=O)NC1C[C@H]2CC[C@@H](C1)N2c1ccc(C(=O)NCC(F)(F)F)cn1. The molecule has 3 aromatic rings. The topological polar surface area (TPSA) is 99.4 Å². The monoisotopic (exact) mass is 529 g/mol. The second-order valence-electron chi connectivity index (χ2n) is 10.4. The molecular weight excluding hydrogens is 499 g/mol. The van der Waals surface area contributed by atoms with E-state index in [1.807, 2.05) is 35.8 Å². The van der Waals surface area contributed by atoms with Gasteiger partial charge < -0.3 is 25.3 Å². The summed E-state index contributed by atoms with van der Waals surface area (Å²) in [5, 5.41) is 5.95. The molecule has 2 aromatic heterocycles.